The lowest BCUT2D eigenvalue weighted by atomic mass is 9.93. The maximum atomic E-state index is 13.0. The van der Waals surface area contributed by atoms with Gasteiger partial charge in [-0.2, -0.15) is 10.4 Å². The van der Waals surface area contributed by atoms with Crippen LogP contribution in [0.1, 0.15) is 27.2 Å². The van der Waals surface area contributed by atoms with Crippen molar-refractivity contribution < 1.29 is 9.53 Å². The largest absolute Gasteiger partial charge is 0.457 e. The topological polar surface area (TPSA) is 123 Å². The third-order valence-corrected chi connectivity index (χ3v) is 6.60. The molecule has 0 bridgehead atoms. The van der Waals surface area contributed by atoms with Crippen LogP contribution in [0.15, 0.2) is 72.6 Å². The number of para-hydroxylation sites is 1. The molecule has 0 radical (unpaired) electrons. The van der Waals surface area contributed by atoms with Gasteiger partial charge in [0.2, 0.25) is 0 Å². The number of hydrogen-bond acceptors (Lipinski definition) is 7. The van der Waals surface area contributed by atoms with E-state index < -0.39 is 0 Å². The molecular formula is C30H31N7O2. The van der Waals surface area contributed by atoms with Gasteiger partial charge in [0, 0.05) is 25.2 Å². The van der Waals surface area contributed by atoms with Gasteiger partial charge < -0.3 is 15.4 Å². The number of allylic oxidation sites excluding steroid dienone is 1. The number of likely N-dealkylation sites (tertiary alicyclic amines) is 1. The first-order valence-electron chi connectivity index (χ1n) is 12.9. The number of aromatic nitrogens is 4. The van der Waals surface area contributed by atoms with E-state index in [9.17, 15) is 10.1 Å². The predicted molar refractivity (Wildman–Crippen MR) is 150 cm³/mol. The van der Waals surface area contributed by atoms with Crippen LogP contribution in [0, 0.1) is 22.7 Å². The maximum absolute atomic E-state index is 13.0. The number of ether oxygens (including phenoxy) is 1. The number of nitrogens with two attached hydrogens (primary N) is 1. The highest BCUT2D eigenvalue weighted by Gasteiger charge is 2.30. The minimum atomic E-state index is -0.254. The predicted octanol–water partition coefficient (Wildman–Crippen LogP) is 5.21. The lowest BCUT2D eigenvalue weighted by Gasteiger charge is -2.18. The zero-order valence-electron chi connectivity index (χ0n) is 22.3. The van der Waals surface area contributed by atoms with Crippen LogP contribution < -0.4 is 10.5 Å². The van der Waals surface area contributed by atoms with Crippen LogP contribution >= 0.6 is 0 Å². The molecule has 4 aromatic rings. The van der Waals surface area contributed by atoms with Gasteiger partial charge in [-0.3, -0.25) is 4.79 Å². The van der Waals surface area contributed by atoms with Gasteiger partial charge in [0.25, 0.3) is 5.91 Å². The minimum absolute atomic E-state index is 0.164. The van der Waals surface area contributed by atoms with Gasteiger partial charge in [-0.05, 0) is 54.2 Å². The highest BCUT2D eigenvalue weighted by molar-refractivity contribution is 5.98. The molecule has 1 aliphatic rings. The molecule has 3 heterocycles. The molecule has 0 saturated carbocycles. The second-order valence-electron chi connectivity index (χ2n) is 10.9. The van der Waals surface area contributed by atoms with Crippen LogP contribution in [0.2, 0.25) is 0 Å². The van der Waals surface area contributed by atoms with Crippen molar-refractivity contribution >= 4 is 22.8 Å². The van der Waals surface area contributed by atoms with Crippen LogP contribution in [-0.4, -0.2) is 43.6 Å². The Kier molecular flexibility index (Phi) is 7.03. The Labute approximate surface area is 227 Å². The summed E-state index contributed by atoms with van der Waals surface area (Å²) < 4.78 is 7.78. The Hall–Kier alpha value is -4.71. The number of carbonyl (C=O) groups is 1. The third kappa shape index (κ3) is 5.75. The van der Waals surface area contributed by atoms with E-state index in [1.807, 2.05) is 80.1 Å². The van der Waals surface area contributed by atoms with Crippen molar-refractivity contribution in [3.05, 3.63) is 72.6 Å². The first kappa shape index (κ1) is 25.9. The van der Waals surface area contributed by atoms with E-state index in [-0.39, 0.29) is 22.8 Å². The van der Waals surface area contributed by atoms with Crippen molar-refractivity contribution in [2.45, 2.75) is 33.7 Å². The summed E-state index contributed by atoms with van der Waals surface area (Å²) in [6.07, 6.45) is 3.99. The van der Waals surface area contributed by atoms with Crippen LogP contribution in [0.4, 0.5) is 5.82 Å². The molecule has 1 unspecified atom stereocenters. The lowest BCUT2D eigenvalue weighted by molar-refractivity contribution is -0.125. The summed E-state index contributed by atoms with van der Waals surface area (Å²) in [7, 11) is 0. The zero-order valence-corrected chi connectivity index (χ0v) is 22.3. The summed E-state index contributed by atoms with van der Waals surface area (Å²) in [6.45, 7) is 7.63. The van der Waals surface area contributed by atoms with E-state index in [1.165, 1.54) is 6.33 Å². The highest BCUT2D eigenvalue weighted by Crippen LogP contribution is 2.33. The quantitative estimate of drug-likeness (QED) is 0.273. The zero-order chi connectivity index (χ0) is 27.6. The van der Waals surface area contributed by atoms with E-state index in [1.54, 1.807) is 11.0 Å². The van der Waals surface area contributed by atoms with Crippen LogP contribution in [0.25, 0.3) is 22.3 Å². The number of fused-ring (bicyclic) bond motifs is 1. The molecule has 5 rings (SSSR count). The molecule has 2 N–H and O–H groups in total. The molecule has 1 amide bonds. The Morgan fingerprint density at radius 2 is 1.85 bits per heavy atom. The SMILES string of the molecule is CC(C)(C)/C=C(/C#N)C(=O)N1CCC(Cn2nc(-c3ccc(Oc4ccccc4)cc3)c3c(N)ncnc32)C1. The monoisotopic (exact) mass is 521 g/mol. The number of nitrogen functional groups attached to an aromatic ring is 1. The molecule has 1 fully saturated rings. The van der Waals surface area contributed by atoms with Gasteiger partial charge in [-0.15, -0.1) is 0 Å². The van der Waals surface area contributed by atoms with E-state index in [0.29, 0.717) is 47.9 Å². The third-order valence-electron chi connectivity index (χ3n) is 6.60. The number of amides is 1. The number of carbonyl (C=O) groups excluding carboxylic acids is 1. The molecule has 198 valence electrons. The summed E-state index contributed by atoms with van der Waals surface area (Å²) in [5.74, 6) is 1.78. The van der Waals surface area contributed by atoms with Gasteiger partial charge in [0.1, 0.15) is 41.0 Å². The molecule has 0 aliphatic carbocycles. The fourth-order valence-electron chi connectivity index (χ4n) is 4.82. The summed E-state index contributed by atoms with van der Waals surface area (Å²) in [6, 6.07) is 19.4. The lowest BCUT2D eigenvalue weighted by Crippen LogP contribution is -2.30. The second-order valence-corrected chi connectivity index (χ2v) is 10.9. The maximum Gasteiger partial charge on any atom is 0.264 e. The number of nitrogens with zero attached hydrogens (tertiary/aromatic N) is 6. The van der Waals surface area contributed by atoms with Gasteiger partial charge in [-0.1, -0.05) is 45.0 Å². The van der Waals surface area contributed by atoms with Crippen molar-refractivity contribution in [2.24, 2.45) is 11.3 Å². The molecule has 0 spiro atoms. The van der Waals surface area contributed by atoms with Gasteiger partial charge in [-0.25, -0.2) is 14.6 Å². The van der Waals surface area contributed by atoms with E-state index in [4.69, 9.17) is 15.6 Å². The van der Waals surface area contributed by atoms with Crippen molar-refractivity contribution in [2.75, 3.05) is 18.8 Å². The van der Waals surface area contributed by atoms with E-state index >= 15 is 0 Å². The molecular weight excluding hydrogens is 490 g/mol. The fourth-order valence-corrected chi connectivity index (χ4v) is 4.82. The summed E-state index contributed by atoms with van der Waals surface area (Å²) in [5.41, 5.74) is 8.44. The molecule has 9 heteroatoms. The normalized spacial score (nSPS) is 15.9. The molecule has 1 aliphatic heterocycles. The van der Waals surface area contributed by atoms with E-state index in [2.05, 4.69) is 16.0 Å². The second kappa shape index (κ2) is 10.6. The van der Waals surface area contributed by atoms with Crippen molar-refractivity contribution in [1.29, 1.82) is 5.26 Å². The van der Waals surface area contributed by atoms with Crippen LogP contribution in [0.3, 0.4) is 0 Å². The average Bonchev–Trinajstić information content (AvgIpc) is 3.53. The van der Waals surface area contributed by atoms with Gasteiger partial charge >= 0.3 is 0 Å². The van der Waals surface area contributed by atoms with Crippen molar-refractivity contribution in [3.8, 4) is 28.8 Å². The number of benzene rings is 2. The Bertz CT molecular complexity index is 1560. The number of hydrogen-bond donors (Lipinski definition) is 1. The van der Waals surface area contributed by atoms with E-state index in [0.717, 1.165) is 17.7 Å². The first-order valence-corrected chi connectivity index (χ1v) is 12.9. The van der Waals surface area contributed by atoms with Gasteiger partial charge in [0.05, 0.1) is 5.39 Å². The molecule has 39 heavy (non-hydrogen) atoms. The molecule has 1 saturated heterocycles. The van der Waals surface area contributed by atoms with Crippen LogP contribution in [-0.2, 0) is 11.3 Å². The molecule has 1 atom stereocenters. The average molecular weight is 522 g/mol. The smallest absolute Gasteiger partial charge is 0.264 e. The molecule has 2 aromatic heterocycles. The Morgan fingerprint density at radius 3 is 2.54 bits per heavy atom. The number of rotatable bonds is 6. The molecule has 2 aromatic carbocycles. The van der Waals surface area contributed by atoms with Crippen molar-refractivity contribution in [3.63, 3.8) is 0 Å². The standard InChI is InChI=1S/C30H31N7O2/c1-30(2,3)15-22(16-31)29(38)36-14-13-20(17-36)18-37-28-25(27(32)33-19-34-28)26(35-37)21-9-11-24(12-10-21)39-23-7-5-4-6-8-23/h4-12,15,19-20H,13-14,17-18H2,1-3H3,(H2,32,33,34)/b22-15-. The number of anilines is 1. The van der Waals surface area contributed by atoms with Crippen LogP contribution in [0.5, 0.6) is 11.5 Å². The first-order chi connectivity index (χ1) is 18.7. The summed E-state index contributed by atoms with van der Waals surface area (Å²) in [5, 5.41) is 15.1. The van der Waals surface area contributed by atoms with Gasteiger partial charge in [0.15, 0.2) is 5.65 Å². The molecule has 9 nitrogen and oxygen atoms in total. The Balaban J connectivity index is 1.37. The number of nitriles is 1. The van der Waals surface area contributed by atoms with Crippen molar-refractivity contribution in [1.82, 2.24) is 24.6 Å². The minimum Gasteiger partial charge on any atom is -0.457 e. The summed E-state index contributed by atoms with van der Waals surface area (Å²) >= 11 is 0. The Morgan fingerprint density at radius 1 is 1.13 bits per heavy atom. The summed E-state index contributed by atoms with van der Waals surface area (Å²) in [4.78, 5) is 23.5. The fraction of sp³-hybridized carbons (Fsp3) is 0.300. The highest BCUT2D eigenvalue weighted by atomic mass is 16.5.